The Kier molecular flexibility index (Phi) is 8.23. The van der Waals surface area contributed by atoms with Crippen molar-refractivity contribution in [3.05, 3.63) is 0 Å². The van der Waals surface area contributed by atoms with Gasteiger partial charge in [-0.1, -0.05) is 0 Å². The lowest BCUT2D eigenvalue weighted by molar-refractivity contribution is -0.162. The molecule has 0 aliphatic carbocycles. The van der Waals surface area contributed by atoms with E-state index >= 15 is 0 Å². The van der Waals surface area contributed by atoms with E-state index in [-0.39, 0.29) is 12.9 Å². The average molecular weight is 299 g/mol. The highest BCUT2D eigenvalue weighted by atomic mass is 32.9. The topological polar surface area (TPSA) is 77.0 Å². The molecule has 0 aromatic carbocycles. The van der Waals surface area contributed by atoms with Gasteiger partial charge < -0.3 is 14.8 Å². The highest BCUT2D eigenvalue weighted by Crippen LogP contribution is 2.13. The summed E-state index contributed by atoms with van der Waals surface area (Å²) in [6, 6.07) is 0. The van der Waals surface area contributed by atoms with Crippen LogP contribution in [-0.2, 0) is 33.9 Å². The molecule has 1 aliphatic heterocycles. The number of rotatable bonds is 9. The maximum atomic E-state index is 10.6. The molecule has 1 rings (SSSR count). The molecular formula is C10H21NO5S2. The first-order chi connectivity index (χ1) is 8.58. The number of ether oxygens (including phenoxy) is 2. The van der Waals surface area contributed by atoms with Crippen LogP contribution in [0.4, 0.5) is 0 Å². The van der Waals surface area contributed by atoms with Crippen LogP contribution in [0.1, 0.15) is 25.7 Å². The second-order valence-corrected chi connectivity index (χ2v) is 6.38. The van der Waals surface area contributed by atoms with E-state index in [2.05, 4.69) is 20.7 Å². The third kappa shape index (κ3) is 9.15. The molecule has 1 aliphatic rings. The van der Waals surface area contributed by atoms with Gasteiger partial charge in [0.1, 0.15) is 0 Å². The Labute approximate surface area is 113 Å². The van der Waals surface area contributed by atoms with Crippen molar-refractivity contribution in [2.24, 2.45) is 0 Å². The van der Waals surface area contributed by atoms with Gasteiger partial charge in [0.05, 0.1) is 13.2 Å². The van der Waals surface area contributed by atoms with Crippen LogP contribution in [0.25, 0.3) is 0 Å². The van der Waals surface area contributed by atoms with Crippen LogP contribution >= 0.6 is 0 Å². The van der Waals surface area contributed by atoms with E-state index in [9.17, 15) is 4.21 Å². The summed E-state index contributed by atoms with van der Waals surface area (Å²) >= 11 is 4.18. The Morgan fingerprint density at radius 2 is 2.22 bits per heavy atom. The first-order valence-electron chi connectivity index (χ1n) is 6.14. The molecule has 0 aromatic rings. The second kappa shape index (κ2) is 9.13. The molecule has 0 amide bonds. The fourth-order valence-corrected chi connectivity index (χ4v) is 2.10. The molecule has 1 saturated heterocycles. The Morgan fingerprint density at radius 1 is 1.39 bits per heavy atom. The first kappa shape index (κ1) is 16.2. The van der Waals surface area contributed by atoms with Crippen molar-refractivity contribution in [2.45, 2.75) is 32.0 Å². The normalized spacial score (nSPS) is 23.7. The highest BCUT2D eigenvalue weighted by Gasteiger charge is 2.13. The van der Waals surface area contributed by atoms with Crippen molar-refractivity contribution in [1.82, 2.24) is 5.32 Å². The molecular weight excluding hydrogens is 278 g/mol. The Bertz CT molecular complexity index is 303. The summed E-state index contributed by atoms with van der Waals surface area (Å²) in [5.74, 6) is 0. The minimum atomic E-state index is -3.48. The quantitative estimate of drug-likeness (QED) is 0.606. The summed E-state index contributed by atoms with van der Waals surface area (Å²) in [6.45, 7) is 2.83. The summed E-state index contributed by atoms with van der Waals surface area (Å²) < 4.78 is 34.7. The molecule has 18 heavy (non-hydrogen) atoms. The van der Waals surface area contributed by atoms with Crippen LogP contribution in [0.3, 0.4) is 0 Å². The summed E-state index contributed by atoms with van der Waals surface area (Å²) in [7, 11) is -3.48. The van der Waals surface area contributed by atoms with Crippen LogP contribution in [0.15, 0.2) is 0 Å². The largest absolute Gasteiger partial charge is 0.353 e. The van der Waals surface area contributed by atoms with Crippen LogP contribution in [-0.4, -0.2) is 48.0 Å². The van der Waals surface area contributed by atoms with Gasteiger partial charge in [-0.2, -0.15) is 4.21 Å². The van der Waals surface area contributed by atoms with Gasteiger partial charge in [0.15, 0.2) is 6.29 Å². The van der Waals surface area contributed by atoms with E-state index in [4.69, 9.17) is 14.0 Å². The molecule has 2 N–H and O–H groups in total. The van der Waals surface area contributed by atoms with E-state index in [1.165, 1.54) is 6.42 Å². The average Bonchev–Trinajstić information content (AvgIpc) is 2.32. The van der Waals surface area contributed by atoms with E-state index in [1.807, 2.05) is 0 Å². The molecule has 0 saturated carbocycles. The maximum Gasteiger partial charge on any atom is 0.266 e. The fourth-order valence-electron chi connectivity index (χ4n) is 1.60. The van der Waals surface area contributed by atoms with Crippen LogP contribution in [0.2, 0.25) is 0 Å². The van der Waals surface area contributed by atoms with E-state index in [0.717, 1.165) is 32.4 Å². The van der Waals surface area contributed by atoms with Crippen molar-refractivity contribution in [3.8, 4) is 0 Å². The molecule has 108 valence electrons. The molecule has 0 bridgehead atoms. The smallest absolute Gasteiger partial charge is 0.266 e. The lowest BCUT2D eigenvalue weighted by Crippen LogP contribution is -2.25. The number of hydrogen-bond donors (Lipinski definition) is 2. The van der Waals surface area contributed by atoms with Gasteiger partial charge in [0.25, 0.3) is 9.05 Å². The van der Waals surface area contributed by atoms with E-state index in [1.54, 1.807) is 0 Å². The second-order valence-electron chi connectivity index (χ2n) is 4.02. The third-order valence-electron chi connectivity index (χ3n) is 2.45. The van der Waals surface area contributed by atoms with Crippen LogP contribution < -0.4 is 5.32 Å². The minimum absolute atomic E-state index is 0.0404. The number of nitrogens with one attached hydrogen (secondary N) is 1. The number of hydrogen-bond acceptors (Lipinski definition) is 6. The Hall–Kier alpha value is 0.170. The SMILES string of the molecule is O=S(O)(=S)OCCNCCCO[C@H]1CCCCO1. The van der Waals surface area contributed by atoms with Gasteiger partial charge in [-0.25, -0.2) is 0 Å². The predicted octanol–water partition coefficient (Wildman–Crippen LogP) is 0.660. The van der Waals surface area contributed by atoms with Crippen molar-refractivity contribution >= 4 is 20.2 Å². The van der Waals surface area contributed by atoms with Crippen LogP contribution in [0, 0.1) is 0 Å². The van der Waals surface area contributed by atoms with Gasteiger partial charge in [-0.15, -0.1) is 0 Å². The van der Waals surface area contributed by atoms with Gasteiger partial charge >= 0.3 is 0 Å². The van der Waals surface area contributed by atoms with Crippen molar-refractivity contribution in [3.63, 3.8) is 0 Å². The molecule has 1 fully saturated rings. The van der Waals surface area contributed by atoms with Crippen LogP contribution in [0.5, 0.6) is 0 Å². The zero-order valence-electron chi connectivity index (χ0n) is 10.3. The molecule has 0 radical (unpaired) electrons. The summed E-state index contributed by atoms with van der Waals surface area (Å²) in [5.41, 5.74) is 0. The Balaban J connectivity index is 1.83. The summed E-state index contributed by atoms with van der Waals surface area (Å²) in [5, 5.41) is 3.07. The predicted molar refractivity (Wildman–Crippen MR) is 71.1 cm³/mol. The van der Waals surface area contributed by atoms with Gasteiger partial charge in [-0.3, -0.25) is 8.74 Å². The van der Waals surface area contributed by atoms with Crippen molar-refractivity contribution < 1.29 is 22.4 Å². The molecule has 1 unspecified atom stereocenters. The van der Waals surface area contributed by atoms with E-state index in [0.29, 0.717) is 13.2 Å². The third-order valence-corrected chi connectivity index (χ3v) is 3.20. The molecule has 1 heterocycles. The zero-order chi connectivity index (χ0) is 13.3. The maximum absolute atomic E-state index is 10.6. The van der Waals surface area contributed by atoms with Crippen molar-refractivity contribution in [2.75, 3.05) is 32.9 Å². The molecule has 0 aromatic heterocycles. The summed E-state index contributed by atoms with van der Waals surface area (Å²) in [6.07, 6.45) is 4.09. The lowest BCUT2D eigenvalue weighted by atomic mass is 10.2. The van der Waals surface area contributed by atoms with Crippen molar-refractivity contribution in [1.29, 1.82) is 0 Å². The summed E-state index contributed by atoms with van der Waals surface area (Å²) in [4.78, 5) is 0. The lowest BCUT2D eigenvalue weighted by Gasteiger charge is -2.22. The molecule has 8 heteroatoms. The fraction of sp³-hybridized carbons (Fsp3) is 1.00. The standard InChI is InChI=1S/C10H21NO5S2/c12-18(13,17)16-9-6-11-5-3-8-15-10-4-1-2-7-14-10/h10-11H,1-9H2,(H,12,13,17)/t10-/m0/s1. The molecule has 6 nitrogen and oxygen atoms in total. The zero-order valence-corrected chi connectivity index (χ0v) is 12.0. The van der Waals surface area contributed by atoms with E-state index < -0.39 is 9.05 Å². The minimum Gasteiger partial charge on any atom is -0.353 e. The van der Waals surface area contributed by atoms with Gasteiger partial charge in [0, 0.05) is 24.3 Å². The van der Waals surface area contributed by atoms with Gasteiger partial charge in [-0.05, 0) is 32.2 Å². The van der Waals surface area contributed by atoms with Gasteiger partial charge in [0.2, 0.25) is 0 Å². The Morgan fingerprint density at radius 3 is 2.89 bits per heavy atom. The molecule has 0 spiro atoms. The monoisotopic (exact) mass is 299 g/mol. The molecule has 2 atom stereocenters. The first-order valence-corrected chi connectivity index (χ1v) is 8.50. The highest BCUT2D eigenvalue weighted by molar-refractivity contribution is 8.27.